The fraction of sp³-hybridized carbons (Fsp3) is 0.684. The Labute approximate surface area is 134 Å². The van der Waals surface area contributed by atoms with E-state index in [1.54, 1.807) is 0 Å². The standard InChI is InChI=1S/C19H30N2O/c22-19(17-8-3-1-4-9-17)16-18-10-7-13-21(18)15-14-20-11-5-2-6-12-20/h1,3-4,8-9,18-19,22H,2,5-7,10-16H2. The zero-order valence-corrected chi connectivity index (χ0v) is 13.7. The smallest absolute Gasteiger partial charge is 0.0805 e. The Balaban J connectivity index is 1.47. The Hall–Kier alpha value is -0.900. The molecule has 3 nitrogen and oxygen atoms in total. The largest absolute Gasteiger partial charge is 0.388 e. The predicted molar refractivity (Wildman–Crippen MR) is 90.9 cm³/mol. The van der Waals surface area contributed by atoms with E-state index in [1.807, 2.05) is 30.3 Å². The van der Waals surface area contributed by atoms with Gasteiger partial charge in [-0.1, -0.05) is 36.8 Å². The van der Waals surface area contributed by atoms with Crippen molar-refractivity contribution in [2.75, 3.05) is 32.7 Å². The van der Waals surface area contributed by atoms with Crippen LogP contribution in [0.3, 0.4) is 0 Å². The molecule has 0 spiro atoms. The molecular weight excluding hydrogens is 272 g/mol. The third-order valence-electron chi connectivity index (χ3n) is 5.33. The summed E-state index contributed by atoms with van der Waals surface area (Å²) in [6.07, 6.45) is 7.24. The predicted octanol–water partition coefficient (Wildman–Crippen LogP) is 3.06. The average molecular weight is 302 g/mol. The number of rotatable bonds is 6. The van der Waals surface area contributed by atoms with Gasteiger partial charge >= 0.3 is 0 Å². The van der Waals surface area contributed by atoms with Crippen LogP contribution >= 0.6 is 0 Å². The first kappa shape index (κ1) is 16.0. The fourth-order valence-corrected chi connectivity index (χ4v) is 3.98. The Bertz CT molecular complexity index is 430. The summed E-state index contributed by atoms with van der Waals surface area (Å²) in [6, 6.07) is 10.7. The molecular formula is C19H30N2O. The third-order valence-corrected chi connectivity index (χ3v) is 5.33. The summed E-state index contributed by atoms with van der Waals surface area (Å²) in [5, 5.41) is 10.5. The van der Waals surface area contributed by atoms with Gasteiger partial charge in [-0.05, 0) is 57.3 Å². The van der Waals surface area contributed by atoms with Crippen LogP contribution in [0.4, 0.5) is 0 Å². The average Bonchev–Trinajstić information content (AvgIpc) is 3.02. The zero-order chi connectivity index (χ0) is 15.2. The highest BCUT2D eigenvalue weighted by Gasteiger charge is 2.27. The van der Waals surface area contributed by atoms with Gasteiger partial charge in [-0.2, -0.15) is 0 Å². The molecule has 2 unspecified atom stereocenters. The van der Waals surface area contributed by atoms with Crippen molar-refractivity contribution in [2.24, 2.45) is 0 Å². The first-order chi connectivity index (χ1) is 10.8. The molecule has 2 fully saturated rings. The Morgan fingerprint density at radius 3 is 2.50 bits per heavy atom. The van der Waals surface area contributed by atoms with Crippen molar-refractivity contribution in [3.05, 3.63) is 35.9 Å². The molecule has 122 valence electrons. The molecule has 0 amide bonds. The molecule has 2 aliphatic rings. The van der Waals surface area contributed by atoms with Crippen molar-refractivity contribution < 1.29 is 5.11 Å². The molecule has 2 atom stereocenters. The highest BCUT2D eigenvalue weighted by molar-refractivity contribution is 5.17. The highest BCUT2D eigenvalue weighted by Crippen LogP contribution is 2.27. The number of hydrogen-bond donors (Lipinski definition) is 1. The molecule has 3 heteroatoms. The lowest BCUT2D eigenvalue weighted by atomic mass is 10.0. The number of piperidine rings is 1. The Kier molecular flexibility index (Phi) is 5.88. The van der Waals surface area contributed by atoms with Crippen LogP contribution in [0.15, 0.2) is 30.3 Å². The van der Waals surface area contributed by atoms with E-state index in [9.17, 15) is 5.11 Å². The molecule has 1 aromatic rings. The van der Waals surface area contributed by atoms with E-state index in [0.717, 1.165) is 12.0 Å². The first-order valence-corrected chi connectivity index (χ1v) is 9.02. The summed E-state index contributed by atoms with van der Waals surface area (Å²) in [6.45, 7) is 6.15. The minimum Gasteiger partial charge on any atom is -0.388 e. The van der Waals surface area contributed by atoms with E-state index in [0.29, 0.717) is 6.04 Å². The van der Waals surface area contributed by atoms with Crippen molar-refractivity contribution >= 4 is 0 Å². The topological polar surface area (TPSA) is 26.7 Å². The molecule has 1 N–H and O–H groups in total. The van der Waals surface area contributed by atoms with Crippen LogP contribution in [0.1, 0.15) is 50.2 Å². The second-order valence-corrected chi connectivity index (χ2v) is 6.90. The number of nitrogens with zero attached hydrogens (tertiary/aromatic N) is 2. The zero-order valence-electron chi connectivity index (χ0n) is 13.7. The first-order valence-electron chi connectivity index (χ1n) is 9.02. The van der Waals surface area contributed by atoms with Crippen molar-refractivity contribution in [1.82, 2.24) is 9.80 Å². The summed E-state index contributed by atoms with van der Waals surface area (Å²) in [4.78, 5) is 5.23. The van der Waals surface area contributed by atoms with Crippen LogP contribution in [-0.2, 0) is 0 Å². The summed E-state index contributed by atoms with van der Waals surface area (Å²) in [5.74, 6) is 0. The van der Waals surface area contributed by atoms with Crippen molar-refractivity contribution in [3.8, 4) is 0 Å². The fourth-order valence-electron chi connectivity index (χ4n) is 3.98. The molecule has 1 aromatic carbocycles. The second kappa shape index (κ2) is 8.09. The summed E-state index contributed by atoms with van der Waals surface area (Å²) >= 11 is 0. The maximum Gasteiger partial charge on any atom is 0.0805 e. The van der Waals surface area contributed by atoms with E-state index < -0.39 is 0 Å². The van der Waals surface area contributed by atoms with Gasteiger partial charge in [-0.25, -0.2) is 0 Å². The molecule has 0 aliphatic carbocycles. The van der Waals surface area contributed by atoms with Crippen molar-refractivity contribution in [3.63, 3.8) is 0 Å². The van der Waals surface area contributed by atoms with Crippen molar-refractivity contribution in [2.45, 2.75) is 50.7 Å². The van der Waals surface area contributed by atoms with Crippen LogP contribution in [-0.4, -0.2) is 53.7 Å². The van der Waals surface area contributed by atoms with Crippen LogP contribution < -0.4 is 0 Å². The number of hydrogen-bond acceptors (Lipinski definition) is 3. The molecule has 2 heterocycles. The number of aliphatic hydroxyl groups is 1. The van der Waals surface area contributed by atoms with E-state index in [4.69, 9.17) is 0 Å². The van der Waals surface area contributed by atoms with Gasteiger partial charge < -0.3 is 10.0 Å². The molecule has 2 aliphatic heterocycles. The Morgan fingerprint density at radius 1 is 0.955 bits per heavy atom. The maximum absolute atomic E-state index is 10.5. The molecule has 3 rings (SSSR count). The van der Waals surface area contributed by atoms with Gasteiger partial charge in [0.05, 0.1) is 6.10 Å². The SMILES string of the molecule is OC(CC1CCCN1CCN1CCCCC1)c1ccccc1. The highest BCUT2D eigenvalue weighted by atomic mass is 16.3. The minimum atomic E-state index is -0.318. The number of aliphatic hydroxyl groups excluding tert-OH is 1. The van der Waals surface area contributed by atoms with E-state index in [2.05, 4.69) is 9.80 Å². The van der Waals surface area contributed by atoms with Crippen LogP contribution in [0.2, 0.25) is 0 Å². The molecule has 0 radical (unpaired) electrons. The van der Waals surface area contributed by atoms with Gasteiger partial charge in [-0.3, -0.25) is 4.90 Å². The normalized spacial score (nSPS) is 25.4. The van der Waals surface area contributed by atoms with E-state index >= 15 is 0 Å². The van der Waals surface area contributed by atoms with Crippen LogP contribution in [0, 0.1) is 0 Å². The summed E-state index contributed by atoms with van der Waals surface area (Å²) in [7, 11) is 0. The van der Waals surface area contributed by atoms with Gasteiger partial charge in [0.25, 0.3) is 0 Å². The molecule has 0 aromatic heterocycles. The van der Waals surface area contributed by atoms with Gasteiger partial charge in [0.2, 0.25) is 0 Å². The lowest BCUT2D eigenvalue weighted by Crippen LogP contribution is -2.40. The number of likely N-dealkylation sites (tertiary alicyclic amines) is 2. The lowest BCUT2D eigenvalue weighted by Gasteiger charge is -2.31. The Morgan fingerprint density at radius 2 is 1.73 bits per heavy atom. The quantitative estimate of drug-likeness (QED) is 0.875. The van der Waals surface area contributed by atoms with Gasteiger partial charge in [-0.15, -0.1) is 0 Å². The second-order valence-electron chi connectivity index (χ2n) is 6.90. The lowest BCUT2D eigenvalue weighted by molar-refractivity contribution is 0.111. The minimum absolute atomic E-state index is 0.318. The molecule has 0 bridgehead atoms. The third kappa shape index (κ3) is 4.31. The molecule has 0 saturated carbocycles. The monoisotopic (exact) mass is 302 g/mol. The maximum atomic E-state index is 10.5. The van der Waals surface area contributed by atoms with E-state index in [1.165, 1.54) is 64.8 Å². The van der Waals surface area contributed by atoms with Crippen molar-refractivity contribution in [1.29, 1.82) is 0 Å². The molecule has 2 saturated heterocycles. The van der Waals surface area contributed by atoms with Gasteiger partial charge in [0, 0.05) is 19.1 Å². The van der Waals surface area contributed by atoms with E-state index in [-0.39, 0.29) is 6.10 Å². The number of benzene rings is 1. The summed E-state index contributed by atoms with van der Waals surface area (Å²) < 4.78 is 0. The van der Waals surface area contributed by atoms with Crippen LogP contribution in [0.5, 0.6) is 0 Å². The van der Waals surface area contributed by atoms with Gasteiger partial charge in [0.1, 0.15) is 0 Å². The van der Waals surface area contributed by atoms with Gasteiger partial charge in [0.15, 0.2) is 0 Å². The van der Waals surface area contributed by atoms with Crippen LogP contribution in [0.25, 0.3) is 0 Å². The summed E-state index contributed by atoms with van der Waals surface area (Å²) in [5.41, 5.74) is 1.06. The molecule has 22 heavy (non-hydrogen) atoms.